The second-order valence-corrected chi connectivity index (χ2v) is 8.14. The number of aliphatic imine (C=N–C) groups is 1. The van der Waals surface area contributed by atoms with E-state index in [9.17, 15) is 5.11 Å². The van der Waals surface area contributed by atoms with Crippen LogP contribution in [-0.4, -0.2) is 37.8 Å². The number of hydrogen-bond acceptors (Lipinski definition) is 5. The van der Waals surface area contributed by atoms with Crippen molar-refractivity contribution >= 4 is 41.3 Å². The van der Waals surface area contributed by atoms with Gasteiger partial charge in [-0.15, -0.1) is 35.3 Å². The van der Waals surface area contributed by atoms with Crippen LogP contribution in [0.2, 0.25) is 0 Å². The molecule has 31 heavy (non-hydrogen) atoms. The molecular formula is C23H30IN3O3S. The van der Waals surface area contributed by atoms with Crippen LogP contribution in [0.1, 0.15) is 23.1 Å². The third-order valence-electron chi connectivity index (χ3n) is 4.71. The average molecular weight is 555 g/mol. The maximum absolute atomic E-state index is 10.8. The number of ether oxygens (including phenoxy) is 1. The zero-order valence-corrected chi connectivity index (χ0v) is 21.0. The van der Waals surface area contributed by atoms with Crippen LogP contribution >= 0.6 is 35.3 Å². The highest BCUT2D eigenvalue weighted by Crippen LogP contribution is 2.25. The molecule has 6 nitrogen and oxygen atoms in total. The molecule has 8 heteroatoms. The first kappa shape index (κ1) is 25.2. The van der Waals surface area contributed by atoms with Crippen LogP contribution in [0.5, 0.6) is 5.75 Å². The summed E-state index contributed by atoms with van der Waals surface area (Å²) in [5, 5.41) is 19.4. The van der Waals surface area contributed by atoms with Crippen molar-refractivity contribution < 1.29 is 14.3 Å². The average Bonchev–Trinajstić information content (AvgIpc) is 3.47. The fourth-order valence-corrected chi connectivity index (χ4v) is 3.73. The van der Waals surface area contributed by atoms with E-state index in [2.05, 4.69) is 27.8 Å². The molecule has 0 radical (unpaired) electrons. The van der Waals surface area contributed by atoms with Crippen molar-refractivity contribution in [2.24, 2.45) is 4.99 Å². The van der Waals surface area contributed by atoms with Crippen molar-refractivity contribution in [1.82, 2.24) is 10.6 Å². The summed E-state index contributed by atoms with van der Waals surface area (Å²) < 4.78 is 10.6. The lowest BCUT2D eigenvalue weighted by atomic mass is 10.1. The summed E-state index contributed by atoms with van der Waals surface area (Å²) in [6.45, 7) is 3.47. The monoisotopic (exact) mass is 555 g/mol. The van der Waals surface area contributed by atoms with Crippen molar-refractivity contribution in [3.8, 4) is 5.75 Å². The lowest BCUT2D eigenvalue weighted by molar-refractivity contribution is 0.0711. The molecule has 3 rings (SSSR count). The summed E-state index contributed by atoms with van der Waals surface area (Å²) in [5.74, 6) is 2.45. The number of aliphatic hydroxyl groups is 1. The van der Waals surface area contributed by atoms with Crippen molar-refractivity contribution in [2.75, 3.05) is 26.7 Å². The number of furan rings is 1. The van der Waals surface area contributed by atoms with Gasteiger partial charge in [-0.2, -0.15) is 0 Å². The molecule has 1 unspecified atom stereocenters. The lowest BCUT2D eigenvalue weighted by Crippen LogP contribution is -2.40. The molecule has 0 fully saturated rings. The SMILES string of the molecule is COc1ccc(CCNC(=NCC(C)(O)c2cccs2)NCCc2ccco2)cc1.I. The zero-order chi connectivity index (χ0) is 21.2. The van der Waals surface area contributed by atoms with Gasteiger partial charge in [0.2, 0.25) is 0 Å². The van der Waals surface area contributed by atoms with Crippen LogP contribution < -0.4 is 15.4 Å². The van der Waals surface area contributed by atoms with Gasteiger partial charge >= 0.3 is 0 Å². The van der Waals surface area contributed by atoms with Crippen molar-refractivity contribution in [3.05, 3.63) is 76.4 Å². The maximum atomic E-state index is 10.8. The molecule has 0 aliphatic rings. The van der Waals surface area contributed by atoms with Gasteiger partial charge in [0.15, 0.2) is 5.96 Å². The Morgan fingerprint density at radius 3 is 2.45 bits per heavy atom. The molecule has 0 saturated heterocycles. The minimum Gasteiger partial charge on any atom is -0.497 e. The van der Waals surface area contributed by atoms with Crippen molar-refractivity contribution in [3.63, 3.8) is 0 Å². The standard InChI is InChI=1S/C23H29N3O3S.HI/c1-23(27,21-6-4-16-30-21)17-26-22(25-14-12-20-5-3-15-29-20)24-13-11-18-7-9-19(28-2)10-8-18;/h3-10,15-16,27H,11-14,17H2,1-2H3,(H2,24,25,26);1H. The Balaban J connectivity index is 0.00000341. The molecule has 2 aromatic heterocycles. The Kier molecular flexibility index (Phi) is 10.4. The van der Waals surface area contributed by atoms with Gasteiger partial charge in [0, 0.05) is 24.4 Å². The number of guanidine groups is 1. The van der Waals surface area contributed by atoms with Gasteiger partial charge in [-0.1, -0.05) is 18.2 Å². The van der Waals surface area contributed by atoms with Gasteiger partial charge in [0.25, 0.3) is 0 Å². The van der Waals surface area contributed by atoms with Gasteiger partial charge in [0.05, 0.1) is 19.9 Å². The number of halogens is 1. The summed E-state index contributed by atoms with van der Waals surface area (Å²) in [6, 6.07) is 15.8. The smallest absolute Gasteiger partial charge is 0.191 e. The normalized spacial score (nSPS) is 13.2. The summed E-state index contributed by atoms with van der Waals surface area (Å²) in [6.07, 6.45) is 3.29. The molecule has 1 atom stereocenters. The highest BCUT2D eigenvalue weighted by atomic mass is 127. The Labute approximate surface area is 204 Å². The number of benzene rings is 1. The number of nitrogens with one attached hydrogen (secondary N) is 2. The Morgan fingerprint density at radius 1 is 1.10 bits per heavy atom. The van der Waals surface area contributed by atoms with E-state index >= 15 is 0 Å². The van der Waals surface area contributed by atoms with E-state index in [0.717, 1.165) is 35.8 Å². The molecule has 0 aliphatic carbocycles. The lowest BCUT2D eigenvalue weighted by Gasteiger charge is -2.21. The number of rotatable bonds is 10. The molecule has 0 spiro atoms. The maximum Gasteiger partial charge on any atom is 0.191 e. The molecule has 0 saturated carbocycles. The van der Waals surface area contributed by atoms with Crippen LogP contribution in [0.15, 0.2) is 69.6 Å². The molecule has 1 aromatic carbocycles. The fraction of sp³-hybridized carbons (Fsp3) is 0.348. The first-order valence-corrected chi connectivity index (χ1v) is 10.9. The highest BCUT2D eigenvalue weighted by molar-refractivity contribution is 14.0. The topological polar surface area (TPSA) is 79.0 Å². The molecule has 0 aliphatic heterocycles. The van der Waals surface area contributed by atoms with Crippen LogP contribution in [0.25, 0.3) is 0 Å². The second-order valence-electron chi connectivity index (χ2n) is 7.20. The minimum absolute atomic E-state index is 0. The summed E-state index contributed by atoms with van der Waals surface area (Å²) in [7, 11) is 1.67. The number of methoxy groups -OCH3 is 1. The summed E-state index contributed by atoms with van der Waals surface area (Å²) in [5.41, 5.74) is 0.212. The van der Waals surface area contributed by atoms with Crippen LogP contribution in [0, 0.1) is 0 Å². The molecule has 2 heterocycles. The van der Waals surface area contributed by atoms with Gasteiger partial charge in [-0.25, -0.2) is 4.99 Å². The Bertz CT molecular complexity index is 895. The molecule has 0 amide bonds. The van der Waals surface area contributed by atoms with Gasteiger partial charge < -0.3 is 24.9 Å². The largest absolute Gasteiger partial charge is 0.497 e. The third-order valence-corrected chi connectivity index (χ3v) is 5.83. The van der Waals surface area contributed by atoms with E-state index in [-0.39, 0.29) is 30.5 Å². The third kappa shape index (κ3) is 8.19. The van der Waals surface area contributed by atoms with E-state index in [4.69, 9.17) is 9.15 Å². The molecule has 0 bridgehead atoms. The van der Waals surface area contributed by atoms with Crippen LogP contribution in [-0.2, 0) is 18.4 Å². The zero-order valence-electron chi connectivity index (χ0n) is 17.8. The Hall–Kier alpha value is -2.04. The minimum atomic E-state index is -1.00. The van der Waals surface area contributed by atoms with Crippen LogP contribution in [0.3, 0.4) is 0 Å². The molecule has 3 N–H and O–H groups in total. The van der Waals surface area contributed by atoms with Crippen molar-refractivity contribution in [2.45, 2.75) is 25.4 Å². The van der Waals surface area contributed by atoms with E-state index in [1.165, 1.54) is 16.9 Å². The van der Waals surface area contributed by atoms with Gasteiger partial charge in [-0.05, 0) is 54.6 Å². The van der Waals surface area contributed by atoms with E-state index in [0.29, 0.717) is 12.5 Å². The number of thiophene rings is 1. The molecule has 168 valence electrons. The van der Waals surface area contributed by atoms with Crippen LogP contribution in [0.4, 0.5) is 0 Å². The number of hydrogen-bond donors (Lipinski definition) is 3. The quantitative estimate of drug-likeness (QED) is 0.199. The number of nitrogens with zero attached hydrogens (tertiary/aromatic N) is 1. The second kappa shape index (κ2) is 12.7. The predicted molar refractivity (Wildman–Crippen MR) is 137 cm³/mol. The van der Waals surface area contributed by atoms with E-state index in [1.807, 2.05) is 41.8 Å². The summed E-state index contributed by atoms with van der Waals surface area (Å²) >= 11 is 1.53. The van der Waals surface area contributed by atoms with Gasteiger partial charge in [0.1, 0.15) is 17.1 Å². The van der Waals surface area contributed by atoms with E-state index < -0.39 is 5.60 Å². The first-order chi connectivity index (χ1) is 14.6. The Morgan fingerprint density at radius 2 is 1.84 bits per heavy atom. The van der Waals surface area contributed by atoms with Crippen molar-refractivity contribution in [1.29, 1.82) is 0 Å². The predicted octanol–water partition coefficient (Wildman–Crippen LogP) is 4.20. The van der Waals surface area contributed by atoms with Gasteiger partial charge in [-0.3, -0.25) is 0 Å². The fourth-order valence-electron chi connectivity index (χ4n) is 2.95. The highest BCUT2D eigenvalue weighted by Gasteiger charge is 2.24. The summed E-state index contributed by atoms with van der Waals surface area (Å²) in [4.78, 5) is 5.53. The molecular weight excluding hydrogens is 525 g/mol. The molecule has 3 aromatic rings. The van der Waals surface area contributed by atoms with E-state index in [1.54, 1.807) is 20.3 Å². The first-order valence-electron chi connectivity index (χ1n) is 10.0.